The molecule has 2 aliphatic heterocycles. The van der Waals surface area contributed by atoms with E-state index in [1.165, 1.54) is 0 Å². The Morgan fingerprint density at radius 3 is 2.57 bits per heavy atom. The van der Waals surface area contributed by atoms with E-state index >= 15 is 0 Å². The van der Waals surface area contributed by atoms with Crippen molar-refractivity contribution in [3.63, 3.8) is 0 Å². The average Bonchev–Trinajstić information content (AvgIpc) is 3.23. The molecule has 2 aromatic carbocycles. The van der Waals surface area contributed by atoms with Gasteiger partial charge < -0.3 is 15.0 Å². The highest BCUT2D eigenvalue weighted by Crippen LogP contribution is 2.31. The molecule has 1 saturated heterocycles. The number of hydrogen-bond acceptors (Lipinski definition) is 4. The fourth-order valence-electron chi connectivity index (χ4n) is 3.78. The van der Waals surface area contributed by atoms with E-state index in [1.54, 1.807) is 43.2 Å². The van der Waals surface area contributed by atoms with Crippen molar-refractivity contribution in [1.82, 2.24) is 10.2 Å². The fraction of sp³-hybridized carbons (Fsp3) is 0.286. The lowest BCUT2D eigenvalue weighted by atomic mass is 9.92. The summed E-state index contributed by atoms with van der Waals surface area (Å²) in [4.78, 5) is 41.0. The van der Waals surface area contributed by atoms with E-state index in [9.17, 15) is 14.4 Å². The number of fused-ring (bicyclic) bond motifs is 1. The molecule has 0 spiro atoms. The molecule has 2 aliphatic rings. The summed E-state index contributed by atoms with van der Waals surface area (Å²) in [5, 5.41) is 2.72. The first-order valence-electron chi connectivity index (χ1n) is 9.11. The molecule has 1 atom stereocenters. The summed E-state index contributed by atoms with van der Waals surface area (Å²) in [7, 11) is 1.56. The Morgan fingerprint density at radius 2 is 1.86 bits per heavy atom. The summed E-state index contributed by atoms with van der Waals surface area (Å²) >= 11 is 0. The number of imide groups is 1. The van der Waals surface area contributed by atoms with Crippen LogP contribution in [-0.2, 0) is 21.5 Å². The number of amides is 4. The van der Waals surface area contributed by atoms with E-state index in [1.807, 2.05) is 24.3 Å². The van der Waals surface area contributed by atoms with Crippen LogP contribution in [0.4, 0.5) is 10.5 Å². The monoisotopic (exact) mass is 379 g/mol. The molecular weight excluding hydrogens is 358 g/mol. The normalized spacial score (nSPS) is 20.9. The van der Waals surface area contributed by atoms with Gasteiger partial charge in [0.05, 0.1) is 7.11 Å². The van der Waals surface area contributed by atoms with Crippen LogP contribution >= 0.6 is 0 Å². The number of carbonyl (C=O) groups is 3. The number of nitrogens with zero attached hydrogens (tertiary/aromatic N) is 2. The molecule has 4 amide bonds. The van der Waals surface area contributed by atoms with Gasteiger partial charge in [-0.25, -0.2) is 4.79 Å². The second kappa shape index (κ2) is 6.67. The van der Waals surface area contributed by atoms with Crippen molar-refractivity contribution >= 4 is 23.5 Å². The smallest absolute Gasteiger partial charge is 0.325 e. The number of rotatable bonds is 4. The van der Waals surface area contributed by atoms with Crippen molar-refractivity contribution in [2.24, 2.45) is 0 Å². The molecule has 2 heterocycles. The summed E-state index contributed by atoms with van der Waals surface area (Å²) in [6.45, 7) is 1.91. The Hall–Kier alpha value is -3.35. The van der Waals surface area contributed by atoms with Gasteiger partial charge in [0.15, 0.2) is 0 Å². The van der Waals surface area contributed by atoms with E-state index in [2.05, 4.69) is 5.32 Å². The Morgan fingerprint density at radius 1 is 1.14 bits per heavy atom. The molecule has 1 N–H and O–H groups in total. The SMILES string of the molecule is COc1ccc([C@]2(C)NC(=O)N(CC(=O)N3CCc4ccccc43)C2=O)cc1. The van der Waals surface area contributed by atoms with E-state index < -0.39 is 17.5 Å². The molecule has 28 heavy (non-hydrogen) atoms. The van der Waals surface area contributed by atoms with Crippen molar-refractivity contribution in [2.75, 3.05) is 25.1 Å². The number of para-hydroxylation sites is 1. The Balaban J connectivity index is 1.54. The lowest BCUT2D eigenvalue weighted by Crippen LogP contribution is -2.44. The molecule has 7 nitrogen and oxygen atoms in total. The van der Waals surface area contributed by atoms with Crippen molar-refractivity contribution in [1.29, 1.82) is 0 Å². The van der Waals surface area contributed by atoms with Gasteiger partial charge in [-0.3, -0.25) is 14.5 Å². The number of nitrogens with one attached hydrogen (secondary N) is 1. The summed E-state index contributed by atoms with van der Waals surface area (Å²) in [6.07, 6.45) is 0.769. The standard InChI is InChI=1S/C21H21N3O4/c1-21(15-7-9-16(28-2)10-8-15)19(26)24(20(27)22-21)13-18(25)23-12-11-14-5-3-4-6-17(14)23/h3-10H,11-13H2,1-2H3,(H,22,27)/t21-/m0/s1. The molecule has 1 fully saturated rings. The van der Waals surface area contributed by atoms with Gasteiger partial charge in [0.1, 0.15) is 17.8 Å². The van der Waals surface area contributed by atoms with Crippen molar-refractivity contribution in [3.8, 4) is 5.75 Å². The van der Waals surface area contributed by atoms with Gasteiger partial charge in [-0.1, -0.05) is 30.3 Å². The Kier molecular flexibility index (Phi) is 4.30. The number of methoxy groups -OCH3 is 1. The number of hydrogen-bond donors (Lipinski definition) is 1. The third kappa shape index (κ3) is 2.79. The van der Waals surface area contributed by atoms with E-state index in [4.69, 9.17) is 4.74 Å². The fourth-order valence-corrected chi connectivity index (χ4v) is 3.78. The molecule has 0 unspecified atom stereocenters. The Labute approximate surface area is 162 Å². The second-order valence-electron chi connectivity index (χ2n) is 7.10. The van der Waals surface area contributed by atoms with Crippen LogP contribution in [0.3, 0.4) is 0 Å². The third-order valence-corrected chi connectivity index (χ3v) is 5.42. The molecule has 144 valence electrons. The molecule has 0 saturated carbocycles. The van der Waals surface area contributed by atoms with E-state index in [0.29, 0.717) is 17.9 Å². The van der Waals surface area contributed by atoms with E-state index in [0.717, 1.165) is 22.6 Å². The quantitative estimate of drug-likeness (QED) is 0.825. The first-order valence-corrected chi connectivity index (χ1v) is 9.11. The first kappa shape index (κ1) is 18.0. The number of anilines is 1. The van der Waals surface area contributed by atoms with Crippen LogP contribution in [0.1, 0.15) is 18.1 Å². The average molecular weight is 379 g/mol. The minimum absolute atomic E-state index is 0.271. The minimum Gasteiger partial charge on any atom is -0.497 e. The predicted molar refractivity (Wildman–Crippen MR) is 103 cm³/mol. The molecule has 7 heteroatoms. The number of benzene rings is 2. The molecule has 4 rings (SSSR count). The number of urea groups is 1. The summed E-state index contributed by atoms with van der Waals surface area (Å²) in [5.74, 6) is -0.0558. The highest BCUT2D eigenvalue weighted by atomic mass is 16.5. The number of carbonyl (C=O) groups excluding carboxylic acids is 3. The van der Waals surface area contributed by atoms with Gasteiger partial charge in [0.25, 0.3) is 5.91 Å². The van der Waals surface area contributed by atoms with Crippen LogP contribution in [0.5, 0.6) is 5.75 Å². The molecule has 0 bridgehead atoms. The van der Waals surface area contributed by atoms with Crippen LogP contribution in [0.2, 0.25) is 0 Å². The topological polar surface area (TPSA) is 79.0 Å². The zero-order valence-electron chi connectivity index (χ0n) is 15.8. The molecule has 0 radical (unpaired) electrons. The van der Waals surface area contributed by atoms with Gasteiger partial charge >= 0.3 is 6.03 Å². The van der Waals surface area contributed by atoms with Gasteiger partial charge in [0, 0.05) is 12.2 Å². The predicted octanol–water partition coefficient (Wildman–Crippen LogP) is 2.05. The number of ether oxygens (including phenoxy) is 1. The van der Waals surface area contributed by atoms with Crippen LogP contribution in [0.25, 0.3) is 0 Å². The van der Waals surface area contributed by atoms with Crippen LogP contribution in [-0.4, -0.2) is 42.9 Å². The van der Waals surface area contributed by atoms with Crippen molar-refractivity contribution < 1.29 is 19.1 Å². The van der Waals surface area contributed by atoms with Gasteiger partial charge in [-0.05, 0) is 42.7 Å². The molecular formula is C21H21N3O4. The van der Waals surface area contributed by atoms with Gasteiger partial charge in [-0.2, -0.15) is 0 Å². The van der Waals surface area contributed by atoms with Crippen LogP contribution < -0.4 is 15.0 Å². The molecule has 0 aliphatic carbocycles. The van der Waals surface area contributed by atoms with Crippen molar-refractivity contribution in [3.05, 3.63) is 59.7 Å². The lowest BCUT2D eigenvalue weighted by Gasteiger charge is -2.23. The molecule has 2 aromatic rings. The zero-order chi connectivity index (χ0) is 19.9. The Bertz CT molecular complexity index is 956. The largest absolute Gasteiger partial charge is 0.497 e. The maximum Gasteiger partial charge on any atom is 0.325 e. The maximum absolute atomic E-state index is 13.0. The molecule has 0 aromatic heterocycles. The van der Waals surface area contributed by atoms with E-state index in [-0.39, 0.29) is 12.5 Å². The zero-order valence-corrected chi connectivity index (χ0v) is 15.8. The van der Waals surface area contributed by atoms with Crippen molar-refractivity contribution in [2.45, 2.75) is 18.9 Å². The summed E-state index contributed by atoms with van der Waals surface area (Å²) in [6, 6.07) is 14.0. The van der Waals surface area contributed by atoms with Gasteiger partial charge in [-0.15, -0.1) is 0 Å². The highest BCUT2D eigenvalue weighted by molar-refractivity contribution is 6.10. The lowest BCUT2D eigenvalue weighted by molar-refractivity contribution is -0.134. The summed E-state index contributed by atoms with van der Waals surface area (Å²) < 4.78 is 5.14. The minimum atomic E-state index is -1.22. The first-order chi connectivity index (χ1) is 13.4. The highest BCUT2D eigenvalue weighted by Gasteiger charge is 2.49. The van der Waals surface area contributed by atoms with Gasteiger partial charge in [0.2, 0.25) is 5.91 Å². The van der Waals surface area contributed by atoms with Crippen LogP contribution in [0, 0.1) is 0 Å². The second-order valence-corrected chi connectivity index (χ2v) is 7.10. The third-order valence-electron chi connectivity index (χ3n) is 5.42. The maximum atomic E-state index is 13.0. The summed E-state index contributed by atoms with van der Waals surface area (Å²) in [5.41, 5.74) is 1.36. The van der Waals surface area contributed by atoms with Crippen LogP contribution in [0.15, 0.2) is 48.5 Å².